The molecule has 2 heterocycles. The summed E-state index contributed by atoms with van der Waals surface area (Å²) in [6.45, 7) is 7.35. The Morgan fingerprint density at radius 2 is 2.00 bits per heavy atom. The number of nitrogens with zero attached hydrogens (tertiary/aromatic N) is 1. The number of hydrogen-bond donors (Lipinski definition) is 1. The van der Waals surface area contributed by atoms with Crippen molar-refractivity contribution in [3.8, 4) is 0 Å². The van der Waals surface area contributed by atoms with Gasteiger partial charge in [-0.1, -0.05) is 24.5 Å². The fourth-order valence-corrected chi connectivity index (χ4v) is 3.95. The third-order valence-corrected chi connectivity index (χ3v) is 5.26. The number of piperidine rings is 1. The molecule has 2 fully saturated rings. The first-order valence-electron chi connectivity index (χ1n) is 8.79. The number of rotatable bonds is 5. The number of benzene rings is 1. The zero-order chi connectivity index (χ0) is 14.7. The highest BCUT2D eigenvalue weighted by Crippen LogP contribution is 2.27. The highest BCUT2D eigenvalue weighted by atomic mass is 15.2. The third-order valence-electron chi connectivity index (χ3n) is 5.26. The van der Waals surface area contributed by atoms with Crippen molar-refractivity contribution < 1.29 is 0 Å². The number of likely N-dealkylation sites (tertiary alicyclic amines) is 1. The van der Waals surface area contributed by atoms with Crippen LogP contribution in [0.4, 0.5) is 0 Å². The van der Waals surface area contributed by atoms with Crippen LogP contribution in [0.1, 0.15) is 29.5 Å². The molecule has 3 heteroatoms. The molecule has 0 atom stereocenters. The maximum atomic E-state index is 3.47. The number of hydrogen-bond acceptors (Lipinski definition) is 2. The van der Waals surface area contributed by atoms with Crippen molar-refractivity contribution in [2.75, 3.05) is 26.2 Å². The summed E-state index contributed by atoms with van der Waals surface area (Å²) in [5.74, 6) is 0.885. The molecule has 3 rings (SSSR count). The lowest BCUT2D eigenvalue weighted by atomic mass is 9.86. The third kappa shape index (κ3) is 3.70. The maximum absolute atomic E-state index is 3.47. The van der Waals surface area contributed by atoms with E-state index in [0.29, 0.717) is 0 Å². The zero-order valence-electron chi connectivity index (χ0n) is 13.7. The SMILES string of the molecule is BCCc1ccc(CC2CN(C3CCNCC3)C2)c(C)c1. The van der Waals surface area contributed by atoms with Crippen LogP contribution in [-0.4, -0.2) is 45.0 Å². The minimum Gasteiger partial charge on any atom is -0.317 e. The van der Waals surface area contributed by atoms with Gasteiger partial charge in [-0.15, -0.1) is 0 Å². The van der Waals surface area contributed by atoms with Crippen LogP contribution in [0.3, 0.4) is 0 Å². The van der Waals surface area contributed by atoms with Crippen molar-refractivity contribution >= 4 is 7.85 Å². The second-order valence-corrected chi connectivity index (χ2v) is 7.02. The lowest BCUT2D eigenvalue weighted by molar-refractivity contribution is 0.0386. The molecule has 0 aromatic heterocycles. The minimum atomic E-state index is 0.857. The molecule has 0 aliphatic carbocycles. The van der Waals surface area contributed by atoms with Crippen LogP contribution in [-0.2, 0) is 12.8 Å². The monoisotopic (exact) mass is 284 g/mol. The van der Waals surface area contributed by atoms with Gasteiger partial charge in [0.2, 0.25) is 0 Å². The average Bonchev–Trinajstić information content (AvgIpc) is 2.45. The predicted octanol–water partition coefficient (Wildman–Crippen LogP) is 1.82. The molecule has 1 aromatic carbocycles. The summed E-state index contributed by atoms with van der Waals surface area (Å²) in [4.78, 5) is 2.71. The lowest BCUT2D eigenvalue weighted by Crippen LogP contribution is -2.55. The van der Waals surface area contributed by atoms with Crippen LogP contribution < -0.4 is 5.32 Å². The van der Waals surface area contributed by atoms with Gasteiger partial charge < -0.3 is 5.32 Å². The Morgan fingerprint density at radius 3 is 2.67 bits per heavy atom. The molecule has 2 nitrogen and oxygen atoms in total. The van der Waals surface area contributed by atoms with Crippen molar-refractivity contribution in [2.24, 2.45) is 5.92 Å². The molecular formula is C18H29BN2. The summed E-state index contributed by atoms with van der Waals surface area (Å²) < 4.78 is 0. The Kier molecular flexibility index (Phi) is 5.02. The van der Waals surface area contributed by atoms with E-state index in [0.717, 1.165) is 12.0 Å². The molecular weight excluding hydrogens is 255 g/mol. The standard InChI is InChI=1S/C18H29BN2/c1-14-10-15(4-7-19)2-3-17(14)11-16-12-21(13-16)18-5-8-20-9-6-18/h2-3,10,16,18,20H,4-9,11-13,19H2,1H3. The van der Waals surface area contributed by atoms with Gasteiger partial charge in [-0.25, -0.2) is 0 Å². The smallest absolute Gasteiger partial charge is 0.101 e. The van der Waals surface area contributed by atoms with E-state index in [1.54, 1.807) is 5.56 Å². The molecule has 0 spiro atoms. The average molecular weight is 284 g/mol. The van der Waals surface area contributed by atoms with Crippen molar-refractivity contribution in [1.29, 1.82) is 0 Å². The maximum Gasteiger partial charge on any atom is 0.101 e. The van der Waals surface area contributed by atoms with Gasteiger partial charge in [-0.05, 0) is 68.3 Å². The van der Waals surface area contributed by atoms with Crippen LogP contribution >= 0.6 is 0 Å². The van der Waals surface area contributed by atoms with E-state index in [9.17, 15) is 0 Å². The largest absolute Gasteiger partial charge is 0.317 e. The van der Waals surface area contributed by atoms with Crippen molar-refractivity contribution in [2.45, 2.75) is 45.0 Å². The summed E-state index contributed by atoms with van der Waals surface area (Å²) in [7, 11) is 2.26. The fourth-order valence-electron chi connectivity index (χ4n) is 3.95. The molecule has 1 aromatic rings. The van der Waals surface area contributed by atoms with E-state index in [4.69, 9.17) is 0 Å². The molecule has 2 aliphatic rings. The summed E-state index contributed by atoms with van der Waals surface area (Å²) in [5.41, 5.74) is 4.58. The first-order valence-corrected chi connectivity index (χ1v) is 8.79. The van der Waals surface area contributed by atoms with Gasteiger partial charge in [0, 0.05) is 19.1 Å². The van der Waals surface area contributed by atoms with E-state index >= 15 is 0 Å². The van der Waals surface area contributed by atoms with Crippen LogP contribution in [0.5, 0.6) is 0 Å². The molecule has 2 saturated heterocycles. The van der Waals surface area contributed by atoms with Gasteiger partial charge in [0.15, 0.2) is 0 Å². The highest BCUT2D eigenvalue weighted by molar-refractivity contribution is 6.08. The Bertz CT molecular complexity index is 462. The van der Waals surface area contributed by atoms with Gasteiger partial charge in [-0.2, -0.15) is 0 Å². The predicted molar refractivity (Wildman–Crippen MR) is 92.9 cm³/mol. The Labute approximate surface area is 130 Å². The minimum absolute atomic E-state index is 0.857. The van der Waals surface area contributed by atoms with Gasteiger partial charge in [0.25, 0.3) is 0 Å². The van der Waals surface area contributed by atoms with Crippen molar-refractivity contribution in [3.63, 3.8) is 0 Å². The van der Waals surface area contributed by atoms with Crippen LogP contribution in [0.25, 0.3) is 0 Å². The van der Waals surface area contributed by atoms with E-state index < -0.39 is 0 Å². The van der Waals surface area contributed by atoms with Gasteiger partial charge in [0.05, 0.1) is 0 Å². The van der Waals surface area contributed by atoms with Crippen molar-refractivity contribution in [1.82, 2.24) is 10.2 Å². The molecule has 0 unspecified atom stereocenters. The van der Waals surface area contributed by atoms with Gasteiger partial charge >= 0.3 is 0 Å². The topological polar surface area (TPSA) is 15.3 Å². The first kappa shape index (κ1) is 15.1. The van der Waals surface area contributed by atoms with Gasteiger partial charge in [-0.3, -0.25) is 4.90 Å². The van der Waals surface area contributed by atoms with E-state index in [-0.39, 0.29) is 0 Å². The Balaban J connectivity index is 1.49. The van der Waals surface area contributed by atoms with Gasteiger partial charge in [0.1, 0.15) is 7.85 Å². The zero-order valence-corrected chi connectivity index (χ0v) is 13.7. The summed E-state index contributed by atoms with van der Waals surface area (Å²) in [6.07, 6.45) is 6.43. The van der Waals surface area contributed by atoms with Crippen LogP contribution in [0.2, 0.25) is 6.32 Å². The van der Waals surface area contributed by atoms with Crippen molar-refractivity contribution in [3.05, 3.63) is 34.9 Å². The second-order valence-electron chi connectivity index (χ2n) is 7.02. The first-order chi connectivity index (χ1) is 10.3. The Hall–Kier alpha value is -0.795. The highest BCUT2D eigenvalue weighted by Gasteiger charge is 2.32. The quantitative estimate of drug-likeness (QED) is 0.830. The molecule has 0 saturated carbocycles. The Morgan fingerprint density at radius 1 is 1.24 bits per heavy atom. The molecule has 2 aliphatic heterocycles. The van der Waals surface area contributed by atoms with E-state index in [2.05, 4.69) is 43.2 Å². The van der Waals surface area contributed by atoms with Crippen LogP contribution in [0.15, 0.2) is 18.2 Å². The van der Waals surface area contributed by atoms with E-state index in [1.807, 2.05) is 0 Å². The fraction of sp³-hybridized carbons (Fsp3) is 0.667. The van der Waals surface area contributed by atoms with Crippen LogP contribution in [0, 0.1) is 12.8 Å². The summed E-state index contributed by atoms with van der Waals surface area (Å²) >= 11 is 0. The molecule has 0 bridgehead atoms. The molecule has 21 heavy (non-hydrogen) atoms. The molecule has 114 valence electrons. The molecule has 0 amide bonds. The summed E-state index contributed by atoms with van der Waals surface area (Å²) in [6, 6.07) is 7.99. The lowest BCUT2D eigenvalue weighted by Gasteiger charge is -2.46. The second kappa shape index (κ2) is 6.98. The normalized spacial score (nSPS) is 21.4. The number of aryl methyl sites for hydroxylation is 2. The molecule has 1 N–H and O–H groups in total. The molecule has 0 radical (unpaired) electrons. The van der Waals surface area contributed by atoms with E-state index in [1.165, 1.54) is 69.3 Å². The summed E-state index contributed by atoms with van der Waals surface area (Å²) in [5, 5.41) is 3.47. The number of nitrogens with one attached hydrogen (secondary N) is 1.